The summed E-state index contributed by atoms with van der Waals surface area (Å²) in [6, 6.07) is 0.359. The highest BCUT2D eigenvalue weighted by molar-refractivity contribution is 4.81. The van der Waals surface area contributed by atoms with E-state index in [1.807, 2.05) is 0 Å². The fourth-order valence-corrected chi connectivity index (χ4v) is 2.91. The van der Waals surface area contributed by atoms with E-state index in [1.165, 1.54) is 32.4 Å². The highest BCUT2D eigenvalue weighted by Crippen LogP contribution is 2.22. The lowest BCUT2D eigenvalue weighted by Crippen LogP contribution is -2.47. The normalized spacial score (nSPS) is 34.1. The van der Waals surface area contributed by atoms with E-state index in [2.05, 4.69) is 11.8 Å². The average Bonchev–Trinajstić information content (AvgIpc) is 2.33. The lowest BCUT2D eigenvalue weighted by molar-refractivity contribution is 0.0207. The third-order valence-corrected chi connectivity index (χ3v) is 4.31. The molecule has 2 aliphatic heterocycles. The van der Waals surface area contributed by atoms with Gasteiger partial charge in [0, 0.05) is 25.1 Å². The van der Waals surface area contributed by atoms with E-state index < -0.39 is 0 Å². The van der Waals surface area contributed by atoms with Gasteiger partial charge in [-0.1, -0.05) is 13.3 Å². The SMILES string of the molecule is CCC1CCN(CC2COCCC2N)CC1. The van der Waals surface area contributed by atoms with E-state index in [4.69, 9.17) is 10.5 Å². The molecule has 0 bridgehead atoms. The number of hydrogen-bond donors (Lipinski definition) is 1. The summed E-state index contributed by atoms with van der Waals surface area (Å²) < 4.78 is 5.53. The Bertz CT molecular complexity index is 202. The molecule has 2 saturated heterocycles. The maximum Gasteiger partial charge on any atom is 0.0521 e. The molecular formula is C13H26N2O. The molecule has 2 heterocycles. The molecule has 0 aromatic heterocycles. The zero-order valence-electron chi connectivity index (χ0n) is 10.5. The molecule has 2 unspecified atom stereocenters. The van der Waals surface area contributed by atoms with Crippen molar-refractivity contribution in [3.63, 3.8) is 0 Å². The van der Waals surface area contributed by atoms with Crippen molar-refractivity contribution < 1.29 is 4.74 Å². The number of ether oxygens (including phenoxy) is 1. The standard InChI is InChI=1S/C13H26N2O/c1-2-11-3-6-15(7-4-11)9-12-10-16-8-5-13(12)14/h11-13H,2-10,14H2,1H3. The lowest BCUT2D eigenvalue weighted by Gasteiger charge is -2.37. The average molecular weight is 226 g/mol. The van der Waals surface area contributed by atoms with Crippen LogP contribution in [0.15, 0.2) is 0 Å². The molecule has 0 aromatic carbocycles. The number of piperidine rings is 1. The second-order valence-electron chi connectivity index (χ2n) is 5.44. The second kappa shape index (κ2) is 5.99. The van der Waals surface area contributed by atoms with Gasteiger partial charge in [0.05, 0.1) is 6.61 Å². The zero-order chi connectivity index (χ0) is 11.4. The monoisotopic (exact) mass is 226 g/mol. The molecule has 0 spiro atoms. The van der Waals surface area contributed by atoms with Gasteiger partial charge in [-0.3, -0.25) is 0 Å². The fourth-order valence-electron chi connectivity index (χ4n) is 2.91. The van der Waals surface area contributed by atoms with Crippen LogP contribution in [-0.2, 0) is 4.74 Å². The van der Waals surface area contributed by atoms with Crippen LogP contribution in [0.5, 0.6) is 0 Å². The van der Waals surface area contributed by atoms with E-state index in [0.717, 1.165) is 32.1 Å². The van der Waals surface area contributed by atoms with Gasteiger partial charge in [0.1, 0.15) is 0 Å². The third-order valence-electron chi connectivity index (χ3n) is 4.31. The van der Waals surface area contributed by atoms with Crippen LogP contribution in [-0.4, -0.2) is 43.8 Å². The Hall–Kier alpha value is -0.120. The summed E-state index contributed by atoms with van der Waals surface area (Å²) in [7, 11) is 0. The second-order valence-corrected chi connectivity index (χ2v) is 5.44. The largest absolute Gasteiger partial charge is 0.381 e. The number of rotatable bonds is 3. The first-order chi connectivity index (χ1) is 7.79. The predicted molar refractivity (Wildman–Crippen MR) is 66.4 cm³/mol. The number of nitrogens with two attached hydrogens (primary N) is 1. The molecule has 2 rings (SSSR count). The van der Waals surface area contributed by atoms with E-state index >= 15 is 0 Å². The Morgan fingerprint density at radius 3 is 2.62 bits per heavy atom. The van der Waals surface area contributed by atoms with Crippen LogP contribution in [0.2, 0.25) is 0 Å². The molecule has 0 aliphatic carbocycles. The minimum absolute atomic E-state index is 0.359. The first kappa shape index (κ1) is 12.3. The topological polar surface area (TPSA) is 38.5 Å². The van der Waals surface area contributed by atoms with Gasteiger partial charge in [-0.25, -0.2) is 0 Å². The molecular weight excluding hydrogens is 200 g/mol. The maximum absolute atomic E-state index is 6.14. The van der Waals surface area contributed by atoms with E-state index in [0.29, 0.717) is 12.0 Å². The molecule has 0 saturated carbocycles. The summed E-state index contributed by atoms with van der Waals surface area (Å²) >= 11 is 0. The molecule has 2 atom stereocenters. The molecule has 0 aromatic rings. The van der Waals surface area contributed by atoms with Crippen molar-refractivity contribution in [3.05, 3.63) is 0 Å². The first-order valence-electron chi connectivity index (χ1n) is 6.85. The van der Waals surface area contributed by atoms with Crippen LogP contribution in [0.25, 0.3) is 0 Å². The van der Waals surface area contributed by atoms with Crippen molar-refractivity contribution >= 4 is 0 Å². The number of nitrogens with zero attached hydrogens (tertiary/aromatic N) is 1. The minimum atomic E-state index is 0.359. The lowest BCUT2D eigenvalue weighted by atomic mass is 9.91. The van der Waals surface area contributed by atoms with Gasteiger partial charge in [-0.2, -0.15) is 0 Å². The Morgan fingerprint density at radius 1 is 1.25 bits per heavy atom. The highest BCUT2D eigenvalue weighted by Gasteiger charge is 2.26. The molecule has 3 nitrogen and oxygen atoms in total. The number of likely N-dealkylation sites (tertiary alicyclic amines) is 1. The Labute approximate surface area is 99.3 Å². The fraction of sp³-hybridized carbons (Fsp3) is 1.00. The van der Waals surface area contributed by atoms with Gasteiger partial charge >= 0.3 is 0 Å². The zero-order valence-corrected chi connectivity index (χ0v) is 10.5. The van der Waals surface area contributed by atoms with Crippen molar-refractivity contribution in [2.24, 2.45) is 17.6 Å². The van der Waals surface area contributed by atoms with Crippen molar-refractivity contribution in [1.82, 2.24) is 4.90 Å². The summed E-state index contributed by atoms with van der Waals surface area (Å²) in [4.78, 5) is 2.59. The van der Waals surface area contributed by atoms with E-state index in [-0.39, 0.29) is 0 Å². The Balaban J connectivity index is 1.73. The van der Waals surface area contributed by atoms with Crippen molar-refractivity contribution in [1.29, 1.82) is 0 Å². The van der Waals surface area contributed by atoms with E-state index in [9.17, 15) is 0 Å². The summed E-state index contributed by atoms with van der Waals surface area (Å²) in [6.45, 7) is 7.72. The van der Waals surface area contributed by atoms with Crippen LogP contribution in [0.3, 0.4) is 0 Å². The van der Waals surface area contributed by atoms with Crippen LogP contribution in [0.4, 0.5) is 0 Å². The minimum Gasteiger partial charge on any atom is -0.381 e. The summed E-state index contributed by atoms with van der Waals surface area (Å²) in [5.74, 6) is 1.53. The van der Waals surface area contributed by atoms with E-state index in [1.54, 1.807) is 0 Å². The summed E-state index contributed by atoms with van der Waals surface area (Å²) in [5, 5.41) is 0. The van der Waals surface area contributed by atoms with Gasteiger partial charge < -0.3 is 15.4 Å². The number of hydrogen-bond acceptors (Lipinski definition) is 3. The molecule has 3 heteroatoms. The molecule has 94 valence electrons. The first-order valence-corrected chi connectivity index (χ1v) is 6.85. The van der Waals surface area contributed by atoms with Crippen molar-refractivity contribution in [3.8, 4) is 0 Å². The van der Waals surface area contributed by atoms with Crippen molar-refractivity contribution in [2.75, 3.05) is 32.8 Å². The van der Waals surface area contributed by atoms with Gasteiger partial charge in [-0.05, 0) is 38.3 Å². The Morgan fingerprint density at radius 2 is 2.00 bits per heavy atom. The van der Waals surface area contributed by atoms with Gasteiger partial charge in [0.25, 0.3) is 0 Å². The summed E-state index contributed by atoms with van der Waals surface area (Å²) in [6.07, 6.45) is 5.13. The summed E-state index contributed by atoms with van der Waals surface area (Å²) in [5.41, 5.74) is 6.14. The van der Waals surface area contributed by atoms with Gasteiger partial charge in [0.15, 0.2) is 0 Å². The van der Waals surface area contributed by atoms with Gasteiger partial charge in [0.2, 0.25) is 0 Å². The van der Waals surface area contributed by atoms with Crippen molar-refractivity contribution in [2.45, 2.75) is 38.6 Å². The smallest absolute Gasteiger partial charge is 0.0521 e. The molecule has 0 amide bonds. The molecule has 2 fully saturated rings. The molecule has 0 radical (unpaired) electrons. The molecule has 2 aliphatic rings. The maximum atomic E-state index is 6.14. The van der Waals surface area contributed by atoms with Crippen LogP contribution in [0, 0.1) is 11.8 Å². The Kier molecular flexibility index (Phi) is 4.62. The van der Waals surface area contributed by atoms with Crippen LogP contribution >= 0.6 is 0 Å². The molecule has 2 N–H and O–H groups in total. The predicted octanol–water partition coefficient (Wildman–Crippen LogP) is 1.47. The van der Waals surface area contributed by atoms with Crippen LogP contribution in [0.1, 0.15) is 32.6 Å². The third kappa shape index (κ3) is 3.19. The highest BCUT2D eigenvalue weighted by atomic mass is 16.5. The van der Waals surface area contributed by atoms with Crippen LogP contribution < -0.4 is 5.73 Å². The molecule has 16 heavy (non-hydrogen) atoms. The quantitative estimate of drug-likeness (QED) is 0.792. The van der Waals surface area contributed by atoms with Gasteiger partial charge in [-0.15, -0.1) is 0 Å².